The summed E-state index contributed by atoms with van der Waals surface area (Å²) in [5, 5.41) is 13.1. The SMILES string of the molecule is C=C(F)C(=O)Nc1ccc2c(-c3ccccc3CN=C3N=C(N=CC4CCC(NC)CC4)NC4=C(C(C)C)CNN34)nccc2c1. The molecule has 1 aliphatic carbocycles. The number of anilines is 1. The van der Waals surface area contributed by atoms with Crippen LogP contribution in [0.1, 0.15) is 45.1 Å². The van der Waals surface area contributed by atoms with Crippen LogP contribution in [0.25, 0.3) is 22.0 Å². The smallest absolute Gasteiger partial charge is 0.283 e. The summed E-state index contributed by atoms with van der Waals surface area (Å²) in [5.74, 6) is 0.903. The zero-order valence-electron chi connectivity index (χ0n) is 26.5. The van der Waals surface area contributed by atoms with Crippen LogP contribution in [0.15, 0.2) is 93.5 Å². The van der Waals surface area contributed by atoms with Gasteiger partial charge in [0, 0.05) is 41.6 Å². The van der Waals surface area contributed by atoms with Gasteiger partial charge in [-0.05, 0) is 79.3 Å². The number of carbonyl (C=O) groups is 1. The lowest BCUT2D eigenvalue weighted by atomic mass is 9.87. The summed E-state index contributed by atoms with van der Waals surface area (Å²) >= 11 is 0. The molecule has 2 aliphatic heterocycles. The molecule has 0 radical (unpaired) electrons. The fourth-order valence-electron chi connectivity index (χ4n) is 6.15. The van der Waals surface area contributed by atoms with Crippen LogP contribution in [0.5, 0.6) is 0 Å². The molecule has 0 spiro atoms. The Morgan fingerprint density at radius 1 is 1.17 bits per heavy atom. The van der Waals surface area contributed by atoms with Crippen LogP contribution < -0.4 is 21.4 Å². The summed E-state index contributed by atoms with van der Waals surface area (Å²) in [5.41, 5.74) is 7.87. The highest BCUT2D eigenvalue weighted by Gasteiger charge is 2.32. The molecule has 11 heteroatoms. The minimum absolute atomic E-state index is 0.337. The number of hydrogen-bond donors (Lipinski definition) is 4. The zero-order chi connectivity index (χ0) is 32.2. The van der Waals surface area contributed by atoms with Gasteiger partial charge in [-0.2, -0.15) is 4.99 Å². The average Bonchev–Trinajstić information content (AvgIpc) is 3.51. The molecule has 1 amide bonds. The molecule has 0 unspecified atom stereocenters. The summed E-state index contributed by atoms with van der Waals surface area (Å²) in [4.78, 5) is 31.2. The molecule has 3 heterocycles. The minimum atomic E-state index is -1.04. The Balaban J connectivity index is 1.29. The van der Waals surface area contributed by atoms with Gasteiger partial charge >= 0.3 is 0 Å². The van der Waals surface area contributed by atoms with Gasteiger partial charge in [0.2, 0.25) is 11.9 Å². The second kappa shape index (κ2) is 13.7. The number of rotatable bonds is 8. The van der Waals surface area contributed by atoms with Crippen molar-refractivity contribution in [2.45, 2.75) is 52.1 Å². The third kappa shape index (κ3) is 6.75. The largest absolute Gasteiger partial charge is 0.320 e. The maximum absolute atomic E-state index is 13.3. The summed E-state index contributed by atoms with van der Waals surface area (Å²) in [6.45, 7) is 8.51. The Morgan fingerprint density at radius 2 is 1.98 bits per heavy atom. The van der Waals surface area contributed by atoms with Gasteiger partial charge in [-0.15, -0.1) is 0 Å². The second-order valence-corrected chi connectivity index (χ2v) is 12.2. The molecule has 1 aromatic heterocycles. The van der Waals surface area contributed by atoms with Gasteiger partial charge in [0.05, 0.1) is 12.2 Å². The molecule has 3 aliphatic rings. The standard InChI is InChI=1S/C35H40FN9O/c1-21(2)30-20-41-45-32(30)43-34(39-18-23-9-11-26(37-4)12-10-23)44-35(45)40-19-25-7-5-6-8-28(25)31-29-14-13-27(42-33(46)22(3)36)17-24(29)15-16-38-31/h5-8,13-18,21,23,26,37,41H,3,9-12,19-20H2,1-2,4H3,(H,42,46)(H,40,43,44). The first-order valence-corrected chi connectivity index (χ1v) is 15.8. The van der Waals surface area contributed by atoms with E-state index in [0.717, 1.165) is 59.1 Å². The van der Waals surface area contributed by atoms with Crippen LogP contribution >= 0.6 is 0 Å². The third-order valence-corrected chi connectivity index (χ3v) is 8.81. The van der Waals surface area contributed by atoms with E-state index in [1.54, 1.807) is 18.3 Å². The van der Waals surface area contributed by atoms with Crippen molar-refractivity contribution in [3.05, 3.63) is 84.1 Å². The van der Waals surface area contributed by atoms with Crippen molar-refractivity contribution in [2.24, 2.45) is 26.8 Å². The van der Waals surface area contributed by atoms with E-state index in [0.29, 0.717) is 48.6 Å². The van der Waals surface area contributed by atoms with Crippen molar-refractivity contribution < 1.29 is 9.18 Å². The van der Waals surface area contributed by atoms with E-state index in [2.05, 4.69) is 48.0 Å². The molecule has 6 rings (SSSR count). The van der Waals surface area contributed by atoms with E-state index in [-0.39, 0.29) is 0 Å². The molecule has 2 aromatic carbocycles. The second-order valence-electron chi connectivity index (χ2n) is 12.2. The highest BCUT2D eigenvalue weighted by Crippen LogP contribution is 2.32. The number of halogens is 1. The Bertz CT molecular complexity index is 1770. The van der Waals surface area contributed by atoms with Gasteiger partial charge < -0.3 is 16.0 Å². The molecule has 3 aromatic rings. The lowest BCUT2D eigenvalue weighted by Gasteiger charge is -2.28. The van der Waals surface area contributed by atoms with E-state index in [1.165, 1.54) is 5.57 Å². The molecule has 238 valence electrons. The number of fused-ring (bicyclic) bond motifs is 2. The van der Waals surface area contributed by atoms with Crippen molar-refractivity contribution >= 4 is 40.5 Å². The molecule has 4 N–H and O–H groups in total. The predicted octanol–water partition coefficient (Wildman–Crippen LogP) is 5.68. The Hall–Kier alpha value is -4.74. The topological polar surface area (TPSA) is 118 Å². The zero-order valence-corrected chi connectivity index (χ0v) is 26.5. The number of hydrazine groups is 1. The van der Waals surface area contributed by atoms with Crippen molar-refractivity contribution in [2.75, 3.05) is 18.9 Å². The number of carbonyl (C=O) groups excluding carboxylic acids is 1. The maximum Gasteiger partial charge on any atom is 0.283 e. The van der Waals surface area contributed by atoms with E-state index in [4.69, 9.17) is 20.0 Å². The Kier molecular flexibility index (Phi) is 9.32. The number of nitrogens with one attached hydrogen (secondary N) is 4. The lowest BCUT2D eigenvalue weighted by Crippen LogP contribution is -2.46. The monoisotopic (exact) mass is 621 g/mol. The number of aliphatic imine (C=N–C) groups is 3. The summed E-state index contributed by atoms with van der Waals surface area (Å²) in [6.07, 6.45) is 8.30. The normalized spacial score (nSPS) is 20.8. The fourth-order valence-corrected chi connectivity index (χ4v) is 6.15. The van der Waals surface area contributed by atoms with Crippen LogP contribution in [-0.4, -0.2) is 53.7 Å². The van der Waals surface area contributed by atoms with E-state index in [9.17, 15) is 9.18 Å². The molecule has 0 atom stereocenters. The number of benzene rings is 2. The summed E-state index contributed by atoms with van der Waals surface area (Å²) in [7, 11) is 2.03. The lowest BCUT2D eigenvalue weighted by molar-refractivity contribution is -0.114. The Morgan fingerprint density at radius 3 is 2.74 bits per heavy atom. The van der Waals surface area contributed by atoms with Crippen LogP contribution in [0, 0.1) is 11.8 Å². The first kappa shape index (κ1) is 31.3. The van der Waals surface area contributed by atoms with Crippen molar-refractivity contribution in [3.8, 4) is 11.3 Å². The van der Waals surface area contributed by atoms with Crippen LogP contribution in [0.2, 0.25) is 0 Å². The molecule has 1 saturated carbocycles. The molecule has 1 fully saturated rings. The van der Waals surface area contributed by atoms with E-state index in [1.807, 2.05) is 48.5 Å². The van der Waals surface area contributed by atoms with Crippen molar-refractivity contribution in [1.82, 2.24) is 26.1 Å². The van der Waals surface area contributed by atoms with Crippen molar-refractivity contribution in [1.29, 1.82) is 0 Å². The van der Waals surface area contributed by atoms with Gasteiger partial charge in [-0.1, -0.05) is 50.8 Å². The van der Waals surface area contributed by atoms with Gasteiger partial charge in [-0.3, -0.25) is 9.78 Å². The van der Waals surface area contributed by atoms with Gasteiger partial charge in [-0.25, -0.2) is 24.8 Å². The first-order valence-electron chi connectivity index (χ1n) is 15.8. The predicted molar refractivity (Wildman–Crippen MR) is 183 cm³/mol. The summed E-state index contributed by atoms with van der Waals surface area (Å²) < 4.78 is 13.3. The number of hydrogen-bond acceptors (Lipinski definition) is 7. The van der Waals surface area contributed by atoms with Gasteiger partial charge in [0.15, 0.2) is 5.83 Å². The van der Waals surface area contributed by atoms with Crippen LogP contribution in [0.3, 0.4) is 0 Å². The molecular weight excluding hydrogens is 581 g/mol. The number of guanidine groups is 2. The molecule has 0 bridgehead atoms. The maximum atomic E-state index is 13.3. The van der Waals surface area contributed by atoms with E-state index < -0.39 is 11.7 Å². The number of amides is 1. The number of aromatic nitrogens is 1. The van der Waals surface area contributed by atoms with Crippen LogP contribution in [0.4, 0.5) is 10.1 Å². The van der Waals surface area contributed by atoms with E-state index >= 15 is 0 Å². The summed E-state index contributed by atoms with van der Waals surface area (Å²) in [6, 6.07) is 15.9. The quantitative estimate of drug-likeness (QED) is 0.190. The van der Waals surface area contributed by atoms with Gasteiger partial charge in [0.25, 0.3) is 5.91 Å². The van der Waals surface area contributed by atoms with Crippen LogP contribution in [-0.2, 0) is 11.3 Å². The Labute approximate surface area is 268 Å². The molecule has 46 heavy (non-hydrogen) atoms. The molecule has 0 saturated heterocycles. The first-order chi connectivity index (χ1) is 22.3. The molecular formula is C35H40FN9O. The van der Waals surface area contributed by atoms with Gasteiger partial charge in [0.1, 0.15) is 5.82 Å². The average molecular weight is 622 g/mol. The third-order valence-electron chi connectivity index (χ3n) is 8.81. The minimum Gasteiger partial charge on any atom is -0.320 e. The van der Waals surface area contributed by atoms with Crippen molar-refractivity contribution in [3.63, 3.8) is 0 Å². The fraction of sp³-hybridized carbons (Fsp3) is 0.343. The molecule has 10 nitrogen and oxygen atoms in total. The highest BCUT2D eigenvalue weighted by molar-refractivity contribution is 6.04. The number of nitrogens with zero attached hydrogens (tertiary/aromatic N) is 5. The highest BCUT2D eigenvalue weighted by atomic mass is 19.1. The number of pyridine rings is 1.